The zero-order valence-electron chi connectivity index (χ0n) is 16.0. The number of hydrogen-bond acceptors (Lipinski definition) is 5. The third kappa shape index (κ3) is 5.21. The highest BCUT2D eigenvalue weighted by molar-refractivity contribution is 6.33. The van der Waals surface area contributed by atoms with Gasteiger partial charge < -0.3 is 24.4 Å². The molecule has 0 amide bonds. The number of anilines is 2. The fraction of sp³-hybridized carbons (Fsp3) is 0.429. The molecular formula is C21H27ClN2O3. The summed E-state index contributed by atoms with van der Waals surface area (Å²) in [7, 11) is 1.66. The second kappa shape index (κ2) is 9.72. The Bertz CT molecular complexity index is 748. The van der Waals surface area contributed by atoms with Crippen molar-refractivity contribution in [1.82, 2.24) is 0 Å². The standard InChI is InChI=1S/C21H27ClN2O3/c1-3-10-27-20-7-4-16(13-21(20)25-2)15-23-17-5-6-19(18(22)14-17)24-8-11-26-12-9-24/h4-7,13-14,23H,3,8-12,15H2,1-2H3. The molecule has 0 radical (unpaired) electrons. The van der Waals surface area contributed by atoms with Crippen molar-refractivity contribution in [3.63, 3.8) is 0 Å². The normalized spacial score (nSPS) is 14.1. The lowest BCUT2D eigenvalue weighted by Gasteiger charge is -2.29. The van der Waals surface area contributed by atoms with Gasteiger partial charge in [0.25, 0.3) is 0 Å². The molecule has 0 saturated carbocycles. The summed E-state index contributed by atoms with van der Waals surface area (Å²) in [6, 6.07) is 12.1. The van der Waals surface area contributed by atoms with Gasteiger partial charge in [-0.1, -0.05) is 24.6 Å². The maximum absolute atomic E-state index is 6.50. The Morgan fingerprint density at radius 2 is 1.93 bits per heavy atom. The van der Waals surface area contributed by atoms with Crippen molar-refractivity contribution in [2.45, 2.75) is 19.9 Å². The molecule has 1 heterocycles. The number of hydrogen-bond donors (Lipinski definition) is 1. The van der Waals surface area contributed by atoms with Crippen LogP contribution in [-0.4, -0.2) is 40.0 Å². The van der Waals surface area contributed by atoms with Crippen LogP contribution in [0.25, 0.3) is 0 Å². The number of benzene rings is 2. The van der Waals surface area contributed by atoms with E-state index in [-0.39, 0.29) is 0 Å². The molecule has 3 rings (SSSR count). The Hall–Kier alpha value is -2.11. The van der Waals surface area contributed by atoms with E-state index in [4.69, 9.17) is 25.8 Å². The van der Waals surface area contributed by atoms with E-state index in [1.165, 1.54) is 0 Å². The van der Waals surface area contributed by atoms with Gasteiger partial charge in [-0.05, 0) is 42.3 Å². The zero-order valence-corrected chi connectivity index (χ0v) is 16.7. The van der Waals surface area contributed by atoms with Crippen LogP contribution in [0.4, 0.5) is 11.4 Å². The molecule has 1 N–H and O–H groups in total. The molecule has 0 bridgehead atoms. The number of halogens is 1. The van der Waals surface area contributed by atoms with E-state index in [0.717, 1.165) is 66.2 Å². The zero-order chi connectivity index (χ0) is 19.1. The maximum Gasteiger partial charge on any atom is 0.161 e. The summed E-state index contributed by atoms with van der Waals surface area (Å²) in [4.78, 5) is 2.26. The molecule has 2 aromatic rings. The van der Waals surface area contributed by atoms with Crippen LogP contribution in [0.5, 0.6) is 11.5 Å². The van der Waals surface area contributed by atoms with Crippen molar-refractivity contribution in [3.05, 3.63) is 47.0 Å². The lowest BCUT2D eigenvalue weighted by Crippen LogP contribution is -2.36. The summed E-state index contributed by atoms with van der Waals surface area (Å²) in [6.07, 6.45) is 0.966. The van der Waals surface area contributed by atoms with Gasteiger partial charge in [0.05, 0.1) is 37.6 Å². The summed E-state index contributed by atoms with van der Waals surface area (Å²) in [5.74, 6) is 1.53. The van der Waals surface area contributed by atoms with E-state index >= 15 is 0 Å². The molecule has 0 aromatic heterocycles. The first-order valence-corrected chi connectivity index (χ1v) is 9.75. The molecule has 1 fully saturated rings. The second-order valence-corrected chi connectivity index (χ2v) is 6.86. The number of nitrogens with zero attached hydrogens (tertiary/aromatic N) is 1. The predicted molar refractivity (Wildman–Crippen MR) is 111 cm³/mol. The average molecular weight is 391 g/mol. The molecular weight excluding hydrogens is 364 g/mol. The highest BCUT2D eigenvalue weighted by atomic mass is 35.5. The van der Waals surface area contributed by atoms with Gasteiger partial charge in [-0.3, -0.25) is 0 Å². The third-order valence-corrected chi connectivity index (χ3v) is 4.79. The van der Waals surface area contributed by atoms with E-state index in [0.29, 0.717) is 13.2 Å². The van der Waals surface area contributed by atoms with Crippen molar-refractivity contribution in [2.75, 3.05) is 50.2 Å². The van der Waals surface area contributed by atoms with Gasteiger partial charge in [0.15, 0.2) is 11.5 Å². The van der Waals surface area contributed by atoms with Gasteiger partial charge in [0, 0.05) is 25.3 Å². The van der Waals surface area contributed by atoms with Gasteiger partial charge >= 0.3 is 0 Å². The highest BCUT2D eigenvalue weighted by Crippen LogP contribution is 2.31. The van der Waals surface area contributed by atoms with Crippen LogP contribution >= 0.6 is 11.6 Å². The first kappa shape index (κ1) is 19.6. The van der Waals surface area contributed by atoms with Crippen LogP contribution in [0.1, 0.15) is 18.9 Å². The predicted octanol–water partition coefficient (Wildman–Crippen LogP) is 4.59. The highest BCUT2D eigenvalue weighted by Gasteiger charge is 2.14. The van der Waals surface area contributed by atoms with E-state index in [2.05, 4.69) is 29.3 Å². The molecule has 146 valence electrons. The van der Waals surface area contributed by atoms with Gasteiger partial charge in [-0.2, -0.15) is 0 Å². The molecule has 5 nitrogen and oxygen atoms in total. The summed E-state index contributed by atoms with van der Waals surface area (Å²) in [6.45, 7) is 6.68. The lowest BCUT2D eigenvalue weighted by molar-refractivity contribution is 0.122. The minimum Gasteiger partial charge on any atom is -0.493 e. The minimum absolute atomic E-state index is 0.678. The Labute approximate surface area is 166 Å². The van der Waals surface area contributed by atoms with Gasteiger partial charge in [-0.15, -0.1) is 0 Å². The van der Waals surface area contributed by atoms with Crippen molar-refractivity contribution in [1.29, 1.82) is 0 Å². The molecule has 0 aliphatic carbocycles. The van der Waals surface area contributed by atoms with E-state index < -0.39 is 0 Å². The number of ether oxygens (including phenoxy) is 3. The second-order valence-electron chi connectivity index (χ2n) is 6.45. The SMILES string of the molecule is CCCOc1ccc(CNc2ccc(N3CCOCC3)c(Cl)c2)cc1OC. The summed E-state index contributed by atoms with van der Waals surface area (Å²) < 4.78 is 16.6. The van der Waals surface area contributed by atoms with Crippen LogP contribution in [-0.2, 0) is 11.3 Å². The first-order chi connectivity index (χ1) is 13.2. The largest absolute Gasteiger partial charge is 0.493 e. The fourth-order valence-electron chi connectivity index (χ4n) is 3.03. The van der Waals surface area contributed by atoms with Gasteiger partial charge in [0.2, 0.25) is 0 Å². The number of rotatable bonds is 8. The Morgan fingerprint density at radius 1 is 1.11 bits per heavy atom. The van der Waals surface area contributed by atoms with Crippen LogP contribution < -0.4 is 19.7 Å². The van der Waals surface area contributed by atoms with Crippen molar-refractivity contribution >= 4 is 23.0 Å². The monoisotopic (exact) mass is 390 g/mol. The molecule has 27 heavy (non-hydrogen) atoms. The van der Waals surface area contributed by atoms with E-state index in [1.807, 2.05) is 24.3 Å². The quantitative estimate of drug-likeness (QED) is 0.714. The summed E-state index contributed by atoms with van der Waals surface area (Å²) in [5, 5.41) is 4.17. The summed E-state index contributed by atoms with van der Waals surface area (Å²) >= 11 is 6.50. The smallest absolute Gasteiger partial charge is 0.161 e. The first-order valence-electron chi connectivity index (χ1n) is 9.37. The van der Waals surface area contributed by atoms with Gasteiger partial charge in [-0.25, -0.2) is 0 Å². The minimum atomic E-state index is 0.678. The molecule has 0 spiro atoms. The van der Waals surface area contributed by atoms with E-state index in [1.54, 1.807) is 7.11 Å². The van der Waals surface area contributed by atoms with E-state index in [9.17, 15) is 0 Å². The Morgan fingerprint density at radius 3 is 2.63 bits per heavy atom. The van der Waals surface area contributed by atoms with Crippen LogP contribution in [0.2, 0.25) is 5.02 Å². The number of methoxy groups -OCH3 is 1. The average Bonchev–Trinajstić information content (AvgIpc) is 2.71. The third-order valence-electron chi connectivity index (χ3n) is 4.49. The molecule has 6 heteroatoms. The van der Waals surface area contributed by atoms with Crippen LogP contribution in [0.3, 0.4) is 0 Å². The lowest BCUT2D eigenvalue weighted by atomic mass is 10.2. The van der Waals surface area contributed by atoms with Crippen LogP contribution in [0.15, 0.2) is 36.4 Å². The molecule has 0 atom stereocenters. The molecule has 1 aliphatic rings. The molecule has 2 aromatic carbocycles. The Kier molecular flexibility index (Phi) is 7.07. The maximum atomic E-state index is 6.50. The van der Waals surface area contributed by atoms with Crippen LogP contribution in [0, 0.1) is 0 Å². The topological polar surface area (TPSA) is 43.0 Å². The van der Waals surface area contributed by atoms with Crippen molar-refractivity contribution < 1.29 is 14.2 Å². The number of nitrogens with one attached hydrogen (secondary N) is 1. The van der Waals surface area contributed by atoms with Crippen molar-refractivity contribution in [2.24, 2.45) is 0 Å². The van der Waals surface area contributed by atoms with Gasteiger partial charge in [0.1, 0.15) is 0 Å². The van der Waals surface area contributed by atoms with Crippen molar-refractivity contribution in [3.8, 4) is 11.5 Å². The number of morpholine rings is 1. The molecule has 1 aliphatic heterocycles. The fourth-order valence-corrected chi connectivity index (χ4v) is 3.33. The Balaban J connectivity index is 1.63. The summed E-state index contributed by atoms with van der Waals surface area (Å²) in [5.41, 5.74) is 3.16. The molecule has 0 unspecified atom stereocenters. The molecule has 1 saturated heterocycles.